The standard InChI is InChI=1S/C25H25BrClN5O2S/c1-33-23-15-19(14-22(26)24(23)34-17-18-8-10-20(27)11-9-18)16-28-12-5-13-35-25-29-30-31-32(25)21-6-3-2-4-7-21/h2-4,6-11,14-15,28H,5,12-13,16-17H2,1H3. The lowest BCUT2D eigenvalue weighted by Gasteiger charge is -2.15. The monoisotopic (exact) mass is 573 g/mol. The van der Waals surface area contributed by atoms with Crippen LogP contribution in [0, 0.1) is 0 Å². The van der Waals surface area contributed by atoms with Crippen molar-refractivity contribution in [2.24, 2.45) is 0 Å². The van der Waals surface area contributed by atoms with E-state index in [1.54, 1.807) is 23.6 Å². The van der Waals surface area contributed by atoms with Crippen LogP contribution in [0.15, 0.2) is 76.4 Å². The van der Waals surface area contributed by atoms with Crippen molar-refractivity contribution in [2.75, 3.05) is 19.4 Å². The Balaban J connectivity index is 1.24. The van der Waals surface area contributed by atoms with Crippen LogP contribution in [0.4, 0.5) is 0 Å². The minimum absolute atomic E-state index is 0.426. The Hall–Kier alpha value is -2.59. The highest BCUT2D eigenvalue weighted by Gasteiger charge is 2.12. The molecule has 0 atom stereocenters. The van der Waals surface area contributed by atoms with Gasteiger partial charge < -0.3 is 14.8 Å². The maximum Gasteiger partial charge on any atom is 0.214 e. The Morgan fingerprint density at radius 2 is 1.86 bits per heavy atom. The van der Waals surface area contributed by atoms with Gasteiger partial charge in [-0.15, -0.1) is 5.10 Å². The maximum absolute atomic E-state index is 6.02. The first-order valence-electron chi connectivity index (χ1n) is 11.0. The summed E-state index contributed by atoms with van der Waals surface area (Å²) < 4.78 is 14.2. The summed E-state index contributed by atoms with van der Waals surface area (Å²) in [5.74, 6) is 2.28. The minimum Gasteiger partial charge on any atom is -0.493 e. The zero-order chi connectivity index (χ0) is 24.5. The van der Waals surface area contributed by atoms with Gasteiger partial charge in [-0.3, -0.25) is 0 Å². The highest BCUT2D eigenvalue weighted by Crippen LogP contribution is 2.37. The molecule has 0 saturated heterocycles. The number of hydrogen-bond acceptors (Lipinski definition) is 7. The lowest BCUT2D eigenvalue weighted by molar-refractivity contribution is 0.282. The second kappa shape index (κ2) is 12.9. The third-order valence-corrected chi connectivity index (χ3v) is 6.93. The van der Waals surface area contributed by atoms with Gasteiger partial charge in [-0.2, -0.15) is 4.68 Å². The van der Waals surface area contributed by atoms with E-state index in [1.165, 1.54) is 0 Å². The quantitative estimate of drug-likeness (QED) is 0.166. The Bertz CT molecular complexity index is 1220. The summed E-state index contributed by atoms with van der Waals surface area (Å²) in [6.07, 6.45) is 0.979. The molecule has 0 fully saturated rings. The number of tetrazole rings is 1. The molecular weight excluding hydrogens is 550 g/mol. The molecule has 0 amide bonds. The Morgan fingerprint density at radius 3 is 2.63 bits per heavy atom. The number of hydrogen-bond donors (Lipinski definition) is 1. The van der Waals surface area contributed by atoms with Crippen LogP contribution in [0.25, 0.3) is 5.69 Å². The number of nitrogens with one attached hydrogen (secondary N) is 1. The van der Waals surface area contributed by atoms with Crippen molar-refractivity contribution >= 4 is 39.3 Å². The van der Waals surface area contributed by atoms with Crippen molar-refractivity contribution in [2.45, 2.75) is 24.7 Å². The summed E-state index contributed by atoms with van der Waals surface area (Å²) in [4.78, 5) is 0. The average molecular weight is 575 g/mol. The van der Waals surface area contributed by atoms with E-state index in [0.717, 1.165) is 51.7 Å². The highest BCUT2D eigenvalue weighted by atomic mass is 79.9. The largest absolute Gasteiger partial charge is 0.493 e. The fourth-order valence-electron chi connectivity index (χ4n) is 3.35. The zero-order valence-corrected chi connectivity index (χ0v) is 22.3. The molecule has 4 aromatic rings. The summed E-state index contributed by atoms with van der Waals surface area (Å²) in [6, 6.07) is 21.5. The number of rotatable bonds is 12. The Labute approximate surface area is 222 Å². The van der Waals surface area contributed by atoms with Gasteiger partial charge in [-0.1, -0.05) is 53.7 Å². The first kappa shape index (κ1) is 25.5. The molecule has 0 aliphatic carbocycles. The summed E-state index contributed by atoms with van der Waals surface area (Å²) in [5.41, 5.74) is 3.09. The molecule has 0 spiro atoms. The first-order chi connectivity index (χ1) is 17.1. The maximum atomic E-state index is 6.02. The predicted molar refractivity (Wildman–Crippen MR) is 143 cm³/mol. The van der Waals surface area contributed by atoms with Crippen molar-refractivity contribution in [1.82, 2.24) is 25.5 Å². The molecule has 10 heteroatoms. The van der Waals surface area contributed by atoms with Gasteiger partial charge in [-0.25, -0.2) is 0 Å². The van der Waals surface area contributed by atoms with E-state index in [1.807, 2.05) is 60.7 Å². The predicted octanol–water partition coefficient (Wildman–Crippen LogP) is 5.94. The van der Waals surface area contributed by atoms with Gasteiger partial charge >= 0.3 is 0 Å². The lowest BCUT2D eigenvalue weighted by atomic mass is 10.2. The van der Waals surface area contributed by atoms with Gasteiger partial charge in [0.2, 0.25) is 5.16 Å². The molecule has 1 heterocycles. The molecule has 4 rings (SSSR count). The lowest BCUT2D eigenvalue weighted by Crippen LogP contribution is -2.15. The van der Waals surface area contributed by atoms with Gasteiger partial charge in [-0.05, 0) is 86.8 Å². The fourth-order valence-corrected chi connectivity index (χ4v) is 4.90. The van der Waals surface area contributed by atoms with Gasteiger partial charge in [0.25, 0.3) is 0 Å². The van der Waals surface area contributed by atoms with Gasteiger partial charge in [0, 0.05) is 17.3 Å². The zero-order valence-electron chi connectivity index (χ0n) is 19.2. The number of nitrogens with zero attached hydrogens (tertiary/aromatic N) is 4. The molecule has 35 heavy (non-hydrogen) atoms. The molecule has 1 N–H and O–H groups in total. The molecule has 3 aromatic carbocycles. The second-order valence-corrected chi connectivity index (χ2v) is 9.96. The number of thioether (sulfide) groups is 1. The van der Waals surface area contributed by atoms with Crippen molar-refractivity contribution in [1.29, 1.82) is 0 Å². The average Bonchev–Trinajstić information content (AvgIpc) is 3.35. The number of methoxy groups -OCH3 is 1. The molecule has 0 saturated carbocycles. The van der Waals surface area contributed by atoms with Crippen molar-refractivity contribution in [3.63, 3.8) is 0 Å². The van der Waals surface area contributed by atoms with Crippen LogP contribution >= 0.6 is 39.3 Å². The topological polar surface area (TPSA) is 74.1 Å². The molecule has 0 aliphatic rings. The van der Waals surface area contributed by atoms with E-state index >= 15 is 0 Å². The molecule has 182 valence electrons. The molecule has 0 unspecified atom stereocenters. The Kier molecular flexibility index (Phi) is 9.42. The molecular formula is C25H25BrClN5O2S. The minimum atomic E-state index is 0.426. The van der Waals surface area contributed by atoms with Crippen LogP contribution in [-0.4, -0.2) is 39.6 Å². The molecule has 1 aromatic heterocycles. The van der Waals surface area contributed by atoms with Crippen LogP contribution in [0.5, 0.6) is 11.5 Å². The number of ether oxygens (including phenoxy) is 2. The van der Waals surface area contributed by atoms with Crippen LogP contribution in [0.3, 0.4) is 0 Å². The SMILES string of the molecule is COc1cc(CNCCCSc2nnnn2-c2ccccc2)cc(Br)c1OCc1ccc(Cl)cc1. The van der Waals surface area contributed by atoms with Gasteiger partial charge in [0.15, 0.2) is 11.5 Å². The molecule has 0 bridgehead atoms. The molecule has 0 aliphatic heterocycles. The number of para-hydroxylation sites is 1. The van der Waals surface area contributed by atoms with Crippen molar-refractivity contribution in [3.8, 4) is 17.2 Å². The van der Waals surface area contributed by atoms with E-state index in [4.69, 9.17) is 21.1 Å². The third kappa shape index (κ3) is 7.20. The Morgan fingerprint density at radius 1 is 1.06 bits per heavy atom. The van der Waals surface area contributed by atoms with Crippen LogP contribution < -0.4 is 14.8 Å². The summed E-state index contributed by atoms with van der Waals surface area (Å²) in [7, 11) is 1.65. The van der Waals surface area contributed by atoms with E-state index in [0.29, 0.717) is 23.1 Å². The molecule has 0 radical (unpaired) electrons. The van der Waals surface area contributed by atoms with E-state index in [9.17, 15) is 0 Å². The van der Waals surface area contributed by atoms with Crippen LogP contribution in [0.2, 0.25) is 5.02 Å². The van der Waals surface area contributed by atoms with Crippen LogP contribution in [-0.2, 0) is 13.2 Å². The van der Waals surface area contributed by atoms with E-state index in [2.05, 4.69) is 42.8 Å². The second-order valence-electron chi connectivity index (χ2n) is 7.61. The van der Waals surface area contributed by atoms with Gasteiger partial charge in [0.05, 0.1) is 17.3 Å². The highest BCUT2D eigenvalue weighted by molar-refractivity contribution is 9.10. The van der Waals surface area contributed by atoms with Crippen molar-refractivity contribution < 1.29 is 9.47 Å². The van der Waals surface area contributed by atoms with Crippen molar-refractivity contribution in [3.05, 3.63) is 87.4 Å². The first-order valence-corrected chi connectivity index (χ1v) is 13.2. The van der Waals surface area contributed by atoms with Crippen LogP contribution in [0.1, 0.15) is 17.5 Å². The van der Waals surface area contributed by atoms with E-state index in [-0.39, 0.29) is 0 Å². The number of halogens is 2. The van der Waals surface area contributed by atoms with E-state index < -0.39 is 0 Å². The number of aromatic nitrogens is 4. The van der Waals surface area contributed by atoms with Gasteiger partial charge in [0.1, 0.15) is 6.61 Å². The fraction of sp³-hybridized carbons (Fsp3) is 0.240. The third-order valence-electron chi connectivity index (χ3n) is 5.09. The summed E-state index contributed by atoms with van der Waals surface area (Å²) >= 11 is 11.2. The summed E-state index contributed by atoms with van der Waals surface area (Å²) in [5, 5.41) is 17.0. The number of benzene rings is 3. The smallest absolute Gasteiger partial charge is 0.214 e. The summed E-state index contributed by atoms with van der Waals surface area (Å²) in [6.45, 7) is 2.02. The molecule has 7 nitrogen and oxygen atoms in total. The normalized spacial score (nSPS) is 10.9.